The minimum atomic E-state index is -3.47. The van der Waals surface area contributed by atoms with Crippen LogP contribution < -0.4 is 11.1 Å². The van der Waals surface area contributed by atoms with Gasteiger partial charge in [-0.05, 0) is 49.2 Å². The molecular formula is C13H17N3O3S. The molecule has 3 N–H and O–H groups in total. The third-order valence-electron chi connectivity index (χ3n) is 4.13. The molecule has 2 aliphatic rings. The molecule has 2 saturated heterocycles. The SMILES string of the molecule is NC(=O)c1ccc(S(=O)(=O)N2C[C@H]3CNC[C@H]3C2)cc1. The summed E-state index contributed by atoms with van der Waals surface area (Å²) in [5.41, 5.74) is 5.46. The number of carbonyl (C=O) groups excluding carboxylic acids is 1. The average molecular weight is 295 g/mol. The summed E-state index contributed by atoms with van der Waals surface area (Å²) in [5, 5.41) is 3.28. The van der Waals surface area contributed by atoms with Gasteiger partial charge in [-0.1, -0.05) is 0 Å². The number of nitrogens with zero attached hydrogens (tertiary/aromatic N) is 1. The quantitative estimate of drug-likeness (QED) is 0.795. The standard InChI is InChI=1S/C13H17N3O3S/c14-13(17)9-1-3-12(4-2-9)20(18,19)16-7-10-5-15-6-11(10)8-16/h1-4,10-11,15H,5-8H2,(H2,14,17)/t10-,11+. The predicted octanol–water partition coefficient (Wildman–Crippen LogP) is -0.375. The first-order valence-corrected chi connectivity index (χ1v) is 8.03. The van der Waals surface area contributed by atoms with Crippen LogP contribution in [0.25, 0.3) is 0 Å². The van der Waals surface area contributed by atoms with Crippen molar-refractivity contribution in [2.75, 3.05) is 26.2 Å². The third-order valence-corrected chi connectivity index (χ3v) is 5.98. The fourth-order valence-electron chi connectivity index (χ4n) is 2.95. The molecule has 0 bridgehead atoms. The number of primary amides is 1. The number of nitrogens with one attached hydrogen (secondary N) is 1. The van der Waals surface area contributed by atoms with Crippen LogP contribution in [0.4, 0.5) is 0 Å². The van der Waals surface area contributed by atoms with E-state index < -0.39 is 15.9 Å². The average Bonchev–Trinajstić information content (AvgIpc) is 2.99. The summed E-state index contributed by atoms with van der Waals surface area (Å²) >= 11 is 0. The Kier molecular flexibility index (Phi) is 3.27. The van der Waals surface area contributed by atoms with Crippen LogP contribution in [0.3, 0.4) is 0 Å². The number of hydrogen-bond acceptors (Lipinski definition) is 4. The van der Waals surface area contributed by atoms with Gasteiger partial charge in [0.25, 0.3) is 0 Å². The minimum Gasteiger partial charge on any atom is -0.366 e. The molecule has 1 aromatic rings. The topological polar surface area (TPSA) is 92.5 Å². The van der Waals surface area contributed by atoms with Crippen molar-refractivity contribution in [3.63, 3.8) is 0 Å². The third kappa shape index (κ3) is 2.21. The van der Waals surface area contributed by atoms with Crippen LogP contribution in [0, 0.1) is 11.8 Å². The first kappa shape index (κ1) is 13.5. The van der Waals surface area contributed by atoms with Crippen molar-refractivity contribution in [3.8, 4) is 0 Å². The number of fused-ring (bicyclic) bond motifs is 1. The van der Waals surface area contributed by atoms with Crippen LogP contribution in [0.2, 0.25) is 0 Å². The zero-order valence-electron chi connectivity index (χ0n) is 11.0. The Bertz CT molecular complexity index is 615. The fourth-order valence-corrected chi connectivity index (χ4v) is 4.50. The Morgan fingerprint density at radius 1 is 1.15 bits per heavy atom. The van der Waals surface area contributed by atoms with E-state index in [9.17, 15) is 13.2 Å². The molecule has 2 atom stereocenters. The molecule has 0 unspecified atom stereocenters. The van der Waals surface area contributed by atoms with E-state index in [1.165, 1.54) is 24.3 Å². The van der Waals surface area contributed by atoms with E-state index >= 15 is 0 Å². The summed E-state index contributed by atoms with van der Waals surface area (Å²) < 4.78 is 26.6. The fraction of sp³-hybridized carbons (Fsp3) is 0.462. The summed E-state index contributed by atoms with van der Waals surface area (Å²) in [7, 11) is -3.47. The first-order valence-electron chi connectivity index (χ1n) is 6.59. The second-order valence-corrected chi connectivity index (χ2v) is 7.33. The Morgan fingerprint density at radius 3 is 2.20 bits per heavy atom. The Labute approximate surface area is 118 Å². The smallest absolute Gasteiger partial charge is 0.248 e. The number of hydrogen-bond donors (Lipinski definition) is 2. The van der Waals surface area contributed by atoms with Crippen LogP contribution in [0.1, 0.15) is 10.4 Å². The maximum atomic E-state index is 12.5. The van der Waals surface area contributed by atoms with Gasteiger partial charge in [0.1, 0.15) is 0 Å². The highest BCUT2D eigenvalue weighted by Crippen LogP contribution is 2.30. The zero-order chi connectivity index (χ0) is 14.3. The molecule has 20 heavy (non-hydrogen) atoms. The molecule has 2 heterocycles. The van der Waals surface area contributed by atoms with E-state index in [-0.39, 0.29) is 4.90 Å². The molecule has 1 aromatic carbocycles. The van der Waals surface area contributed by atoms with Crippen molar-refractivity contribution in [2.24, 2.45) is 17.6 Å². The van der Waals surface area contributed by atoms with E-state index in [1.54, 1.807) is 4.31 Å². The van der Waals surface area contributed by atoms with Crippen molar-refractivity contribution in [1.29, 1.82) is 0 Å². The van der Waals surface area contributed by atoms with Gasteiger partial charge >= 0.3 is 0 Å². The second kappa shape index (κ2) is 4.83. The number of benzene rings is 1. The largest absolute Gasteiger partial charge is 0.366 e. The molecule has 2 fully saturated rings. The van der Waals surface area contributed by atoms with Gasteiger partial charge in [0.05, 0.1) is 4.90 Å². The lowest BCUT2D eigenvalue weighted by Crippen LogP contribution is -2.32. The van der Waals surface area contributed by atoms with E-state index in [1.807, 2.05) is 0 Å². The summed E-state index contributed by atoms with van der Waals surface area (Å²) in [6.45, 7) is 2.91. The van der Waals surface area contributed by atoms with E-state index in [0.717, 1.165) is 13.1 Å². The molecular weight excluding hydrogens is 278 g/mol. The van der Waals surface area contributed by atoms with Crippen molar-refractivity contribution in [3.05, 3.63) is 29.8 Å². The van der Waals surface area contributed by atoms with E-state index in [0.29, 0.717) is 30.5 Å². The van der Waals surface area contributed by atoms with Crippen molar-refractivity contribution < 1.29 is 13.2 Å². The number of nitrogens with two attached hydrogens (primary N) is 1. The van der Waals surface area contributed by atoms with Gasteiger partial charge in [-0.2, -0.15) is 4.31 Å². The summed E-state index contributed by atoms with van der Waals surface area (Å²) in [5.74, 6) is 0.264. The Hall–Kier alpha value is -1.44. The normalized spacial score (nSPS) is 26.6. The molecule has 0 radical (unpaired) electrons. The summed E-state index contributed by atoms with van der Waals surface area (Å²) in [6, 6.07) is 5.80. The van der Waals surface area contributed by atoms with Gasteiger partial charge < -0.3 is 11.1 Å². The molecule has 0 aliphatic carbocycles. The molecule has 1 amide bonds. The van der Waals surface area contributed by atoms with Crippen LogP contribution >= 0.6 is 0 Å². The Balaban J connectivity index is 1.83. The van der Waals surface area contributed by atoms with Crippen molar-refractivity contribution in [2.45, 2.75) is 4.90 Å². The highest BCUT2D eigenvalue weighted by Gasteiger charge is 2.41. The molecule has 0 saturated carbocycles. The van der Waals surface area contributed by atoms with Gasteiger partial charge in [-0.25, -0.2) is 8.42 Å². The number of rotatable bonds is 3. The second-order valence-electron chi connectivity index (χ2n) is 5.39. The molecule has 7 heteroatoms. The number of carbonyl (C=O) groups is 1. The Morgan fingerprint density at radius 2 is 1.70 bits per heavy atom. The highest BCUT2D eigenvalue weighted by atomic mass is 32.2. The number of amides is 1. The summed E-state index contributed by atoms with van der Waals surface area (Å²) in [4.78, 5) is 11.2. The summed E-state index contributed by atoms with van der Waals surface area (Å²) in [6.07, 6.45) is 0. The van der Waals surface area contributed by atoms with Gasteiger partial charge in [0, 0.05) is 18.7 Å². The minimum absolute atomic E-state index is 0.218. The van der Waals surface area contributed by atoms with Crippen LogP contribution in [-0.4, -0.2) is 44.8 Å². The molecule has 6 nitrogen and oxygen atoms in total. The maximum absolute atomic E-state index is 12.5. The van der Waals surface area contributed by atoms with Crippen molar-refractivity contribution in [1.82, 2.24) is 9.62 Å². The van der Waals surface area contributed by atoms with Crippen LogP contribution in [0.5, 0.6) is 0 Å². The van der Waals surface area contributed by atoms with E-state index in [2.05, 4.69) is 5.32 Å². The highest BCUT2D eigenvalue weighted by molar-refractivity contribution is 7.89. The number of sulfonamides is 1. The van der Waals surface area contributed by atoms with Crippen LogP contribution in [0.15, 0.2) is 29.2 Å². The van der Waals surface area contributed by atoms with Gasteiger partial charge in [-0.3, -0.25) is 4.79 Å². The van der Waals surface area contributed by atoms with Crippen molar-refractivity contribution >= 4 is 15.9 Å². The zero-order valence-corrected chi connectivity index (χ0v) is 11.8. The first-order chi connectivity index (χ1) is 9.48. The van der Waals surface area contributed by atoms with Gasteiger partial charge in [0.2, 0.25) is 15.9 Å². The molecule has 0 aromatic heterocycles. The lowest BCUT2D eigenvalue weighted by Gasteiger charge is -2.17. The molecule has 108 valence electrons. The lowest BCUT2D eigenvalue weighted by atomic mass is 10.0. The molecule has 3 rings (SSSR count). The molecule has 0 spiro atoms. The van der Waals surface area contributed by atoms with Crippen LogP contribution in [-0.2, 0) is 10.0 Å². The van der Waals surface area contributed by atoms with Gasteiger partial charge in [0.15, 0.2) is 0 Å². The monoisotopic (exact) mass is 295 g/mol. The van der Waals surface area contributed by atoms with E-state index in [4.69, 9.17) is 5.73 Å². The maximum Gasteiger partial charge on any atom is 0.248 e. The van der Waals surface area contributed by atoms with Gasteiger partial charge in [-0.15, -0.1) is 0 Å². The predicted molar refractivity (Wildman–Crippen MR) is 73.6 cm³/mol. The lowest BCUT2D eigenvalue weighted by molar-refractivity contribution is 0.1000. The molecule has 2 aliphatic heterocycles.